The molecule has 1 aliphatic carbocycles. The third-order valence-corrected chi connectivity index (χ3v) is 3.19. The van der Waals surface area contributed by atoms with Gasteiger partial charge in [-0.1, -0.05) is 11.6 Å². The Bertz CT molecular complexity index is 423. The molecule has 4 nitrogen and oxygen atoms in total. The number of rotatable bonds is 3. The molecular formula is C10H14ClN3O. The van der Waals surface area contributed by atoms with Crippen LogP contribution in [0.4, 0.5) is 5.82 Å². The number of hydrogen-bond donors (Lipinski definition) is 2. The van der Waals surface area contributed by atoms with Crippen LogP contribution >= 0.6 is 11.6 Å². The third kappa shape index (κ3) is 2.15. The number of hydrogen-bond acceptors (Lipinski definition) is 3. The summed E-state index contributed by atoms with van der Waals surface area (Å²) in [4.78, 5) is 17.7. The van der Waals surface area contributed by atoms with E-state index < -0.39 is 0 Å². The smallest absolute Gasteiger partial charge is 0.271 e. The van der Waals surface area contributed by atoms with Gasteiger partial charge in [0, 0.05) is 5.54 Å². The fourth-order valence-electron chi connectivity index (χ4n) is 1.68. The lowest BCUT2D eigenvalue weighted by Gasteiger charge is -2.26. The van der Waals surface area contributed by atoms with E-state index >= 15 is 0 Å². The molecule has 0 spiro atoms. The van der Waals surface area contributed by atoms with Gasteiger partial charge in [-0.2, -0.15) is 0 Å². The van der Waals surface area contributed by atoms with Crippen molar-refractivity contribution in [3.05, 3.63) is 21.7 Å². The molecule has 0 saturated heterocycles. The highest BCUT2D eigenvalue weighted by Crippen LogP contribution is 2.41. The van der Waals surface area contributed by atoms with Gasteiger partial charge in [0.25, 0.3) is 5.56 Å². The van der Waals surface area contributed by atoms with Crippen molar-refractivity contribution in [2.24, 2.45) is 5.92 Å². The molecule has 1 aliphatic rings. The number of halogens is 1. The van der Waals surface area contributed by atoms with Crippen LogP contribution in [-0.2, 0) is 0 Å². The van der Waals surface area contributed by atoms with E-state index in [9.17, 15) is 4.79 Å². The predicted octanol–water partition coefficient (Wildman–Crippen LogP) is 2.02. The van der Waals surface area contributed by atoms with E-state index in [0.29, 0.717) is 11.7 Å². The van der Waals surface area contributed by atoms with Crippen molar-refractivity contribution in [3.8, 4) is 0 Å². The fraction of sp³-hybridized carbons (Fsp3) is 0.600. The van der Waals surface area contributed by atoms with Crippen LogP contribution in [0.5, 0.6) is 0 Å². The van der Waals surface area contributed by atoms with Gasteiger partial charge >= 0.3 is 0 Å². The van der Waals surface area contributed by atoms with Crippen molar-refractivity contribution in [1.29, 1.82) is 0 Å². The Morgan fingerprint density at radius 3 is 2.87 bits per heavy atom. The van der Waals surface area contributed by atoms with Crippen LogP contribution in [-0.4, -0.2) is 15.5 Å². The average Bonchev–Trinajstić information content (AvgIpc) is 2.95. The van der Waals surface area contributed by atoms with Gasteiger partial charge in [-0.15, -0.1) is 0 Å². The van der Waals surface area contributed by atoms with Gasteiger partial charge in [0.05, 0.1) is 6.33 Å². The first kappa shape index (κ1) is 10.5. The summed E-state index contributed by atoms with van der Waals surface area (Å²) in [6.45, 7) is 4.20. The van der Waals surface area contributed by atoms with Gasteiger partial charge in [0.1, 0.15) is 5.02 Å². The number of aromatic amines is 1. The summed E-state index contributed by atoms with van der Waals surface area (Å²) in [5, 5.41) is 3.36. The molecule has 82 valence electrons. The number of H-pyrrole nitrogens is 1. The predicted molar refractivity (Wildman–Crippen MR) is 60.3 cm³/mol. The molecule has 0 bridgehead atoms. The molecule has 0 unspecified atom stereocenters. The van der Waals surface area contributed by atoms with Gasteiger partial charge in [0.15, 0.2) is 5.82 Å². The minimum atomic E-state index is -0.305. The van der Waals surface area contributed by atoms with Gasteiger partial charge in [-0.05, 0) is 32.6 Å². The van der Waals surface area contributed by atoms with Crippen LogP contribution in [0.25, 0.3) is 0 Å². The Morgan fingerprint density at radius 1 is 1.60 bits per heavy atom. The van der Waals surface area contributed by atoms with Crippen LogP contribution < -0.4 is 10.9 Å². The van der Waals surface area contributed by atoms with Gasteiger partial charge in [-0.3, -0.25) is 4.79 Å². The van der Waals surface area contributed by atoms with Crippen molar-refractivity contribution in [1.82, 2.24) is 9.97 Å². The van der Waals surface area contributed by atoms with E-state index in [2.05, 4.69) is 29.1 Å². The normalized spacial score (nSPS) is 16.5. The van der Waals surface area contributed by atoms with Gasteiger partial charge < -0.3 is 10.3 Å². The number of aromatic nitrogens is 2. The molecule has 0 atom stereocenters. The van der Waals surface area contributed by atoms with Crippen molar-refractivity contribution in [3.63, 3.8) is 0 Å². The molecule has 0 amide bonds. The van der Waals surface area contributed by atoms with Gasteiger partial charge in [-0.25, -0.2) is 4.98 Å². The second-order valence-electron chi connectivity index (χ2n) is 4.52. The van der Waals surface area contributed by atoms with E-state index in [0.717, 1.165) is 0 Å². The molecule has 1 aromatic rings. The number of nitrogens with one attached hydrogen (secondary N) is 2. The summed E-state index contributed by atoms with van der Waals surface area (Å²) < 4.78 is 0. The first-order valence-corrected chi connectivity index (χ1v) is 5.40. The molecule has 5 heteroatoms. The molecule has 0 aliphatic heterocycles. The SMILES string of the molecule is CC(C)(Nc1nc[nH]c(=O)c1Cl)C1CC1. The Labute approximate surface area is 93.1 Å². The Morgan fingerprint density at radius 2 is 2.27 bits per heavy atom. The quantitative estimate of drug-likeness (QED) is 0.831. The van der Waals surface area contributed by atoms with E-state index in [1.807, 2.05) is 0 Å². The summed E-state index contributed by atoms with van der Waals surface area (Å²) in [6, 6.07) is 0. The number of nitrogens with zero attached hydrogens (tertiary/aromatic N) is 1. The monoisotopic (exact) mass is 227 g/mol. The van der Waals surface area contributed by atoms with E-state index in [4.69, 9.17) is 11.6 Å². The molecule has 1 saturated carbocycles. The summed E-state index contributed by atoms with van der Waals surface area (Å²) >= 11 is 5.86. The number of anilines is 1. The fourth-order valence-corrected chi connectivity index (χ4v) is 1.83. The first-order chi connectivity index (χ1) is 7.00. The summed E-state index contributed by atoms with van der Waals surface area (Å²) in [6.07, 6.45) is 3.81. The lowest BCUT2D eigenvalue weighted by molar-refractivity contribution is 0.492. The minimum Gasteiger partial charge on any atom is -0.363 e. The Kier molecular flexibility index (Phi) is 2.46. The Balaban J connectivity index is 2.23. The van der Waals surface area contributed by atoms with Crippen molar-refractivity contribution < 1.29 is 0 Å². The van der Waals surface area contributed by atoms with Crippen molar-refractivity contribution in [2.75, 3.05) is 5.32 Å². The first-order valence-electron chi connectivity index (χ1n) is 5.02. The average molecular weight is 228 g/mol. The maximum atomic E-state index is 11.2. The maximum Gasteiger partial charge on any atom is 0.271 e. The maximum absolute atomic E-state index is 11.2. The second-order valence-corrected chi connectivity index (χ2v) is 4.89. The molecule has 2 rings (SSSR count). The zero-order chi connectivity index (χ0) is 11.1. The lowest BCUT2D eigenvalue weighted by atomic mass is 9.99. The minimum absolute atomic E-state index is 0.0512. The highest BCUT2D eigenvalue weighted by atomic mass is 35.5. The second kappa shape index (κ2) is 3.52. The summed E-state index contributed by atoms with van der Waals surface area (Å²) in [5.74, 6) is 1.12. The molecule has 0 aromatic carbocycles. The molecule has 2 N–H and O–H groups in total. The van der Waals surface area contributed by atoms with Crippen LogP contribution in [0, 0.1) is 5.92 Å². The molecule has 1 aromatic heterocycles. The lowest BCUT2D eigenvalue weighted by Crippen LogP contribution is -2.34. The van der Waals surface area contributed by atoms with Crippen molar-refractivity contribution in [2.45, 2.75) is 32.2 Å². The van der Waals surface area contributed by atoms with Crippen LogP contribution in [0.1, 0.15) is 26.7 Å². The summed E-state index contributed by atoms with van der Waals surface area (Å²) in [7, 11) is 0. The summed E-state index contributed by atoms with van der Waals surface area (Å²) in [5.41, 5.74) is -0.356. The van der Waals surface area contributed by atoms with Gasteiger partial charge in [0.2, 0.25) is 0 Å². The largest absolute Gasteiger partial charge is 0.363 e. The van der Waals surface area contributed by atoms with Crippen LogP contribution in [0.2, 0.25) is 5.02 Å². The third-order valence-electron chi connectivity index (χ3n) is 2.84. The van der Waals surface area contributed by atoms with E-state index in [1.165, 1.54) is 19.2 Å². The van der Waals surface area contributed by atoms with E-state index in [1.54, 1.807) is 0 Å². The standard InChI is InChI=1S/C10H14ClN3O/c1-10(2,6-3-4-6)14-8-7(11)9(15)13-5-12-8/h5-6H,3-4H2,1-2H3,(H2,12,13,14,15). The van der Waals surface area contributed by atoms with Crippen LogP contribution in [0.15, 0.2) is 11.1 Å². The zero-order valence-electron chi connectivity index (χ0n) is 8.80. The molecule has 15 heavy (non-hydrogen) atoms. The van der Waals surface area contributed by atoms with Crippen molar-refractivity contribution >= 4 is 17.4 Å². The highest BCUT2D eigenvalue weighted by molar-refractivity contribution is 6.32. The zero-order valence-corrected chi connectivity index (χ0v) is 9.56. The van der Waals surface area contributed by atoms with Crippen LogP contribution in [0.3, 0.4) is 0 Å². The van der Waals surface area contributed by atoms with E-state index in [-0.39, 0.29) is 16.1 Å². The molecule has 1 heterocycles. The topological polar surface area (TPSA) is 57.8 Å². The highest BCUT2D eigenvalue weighted by Gasteiger charge is 2.38. The molecule has 1 fully saturated rings. The Hall–Kier alpha value is -1.03. The molecule has 0 radical (unpaired) electrons. The molecular weight excluding hydrogens is 214 g/mol.